The van der Waals surface area contributed by atoms with Gasteiger partial charge < -0.3 is 15.5 Å². The zero-order valence-electron chi connectivity index (χ0n) is 13.6. The van der Waals surface area contributed by atoms with Crippen molar-refractivity contribution >= 4 is 11.9 Å². The van der Waals surface area contributed by atoms with Crippen LogP contribution in [0, 0.1) is 6.92 Å². The van der Waals surface area contributed by atoms with Crippen LogP contribution in [0.3, 0.4) is 0 Å². The van der Waals surface area contributed by atoms with E-state index in [2.05, 4.69) is 15.7 Å². The van der Waals surface area contributed by atoms with E-state index in [1.807, 2.05) is 0 Å². The molecule has 24 heavy (non-hydrogen) atoms. The molecule has 7 nitrogen and oxygen atoms in total. The lowest BCUT2D eigenvalue weighted by Gasteiger charge is -2.19. The fourth-order valence-electron chi connectivity index (χ4n) is 2.76. The Kier molecular flexibility index (Phi) is 5.05. The number of carbonyl (C=O) groups is 2. The molecule has 1 fully saturated rings. The Hall–Kier alpha value is -2.26. The summed E-state index contributed by atoms with van der Waals surface area (Å²) in [6, 6.07) is -1.88. The Bertz CT molecular complexity index is 628. The van der Waals surface area contributed by atoms with Crippen LogP contribution in [0.1, 0.15) is 30.6 Å². The number of hydrogen-bond donors (Lipinski definition) is 2. The second kappa shape index (κ2) is 6.70. The van der Waals surface area contributed by atoms with E-state index in [0.29, 0.717) is 4.90 Å². The van der Waals surface area contributed by atoms with Gasteiger partial charge >= 0.3 is 12.2 Å². The number of rotatable bonds is 4. The summed E-state index contributed by atoms with van der Waals surface area (Å²) >= 11 is 0. The third-order valence-corrected chi connectivity index (χ3v) is 3.84. The van der Waals surface area contributed by atoms with Crippen molar-refractivity contribution in [3.05, 3.63) is 17.5 Å². The normalized spacial score (nSPS) is 19.5. The van der Waals surface area contributed by atoms with E-state index >= 15 is 0 Å². The molecule has 3 amide bonds. The SMILES string of the molecule is Cc1nn(C)cc1C(C)NC(=O)NC1CCN(CC(F)(F)F)C1=O. The number of amides is 3. The van der Waals surface area contributed by atoms with E-state index in [0.717, 1.165) is 11.3 Å². The highest BCUT2D eigenvalue weighted by atomic mass is 19.4. The van der Waals surface area contributed by atoms with Crippen LogP contribution in [-0.4, -0.2) is 51.9 Å². The van der Waals surface area contributed by atoms with Gasteiger partial charge in [-0.05, 0) is 20.3 Å². The Morgan fingerprint density at radius 3 is 2.71 bits per heavy atom. The van der Waals surface area contributed by atoms with Crippen LogP contribution in [0.25, 0.3) is 0 Å². The topological polar surface area (TPSA) is 79.3 Å². The van der Waals surface area contributed by atoms with E-state index in [1.165, 1.54) is 0 Å². The predicted molar refractivity (Wildman–Crippen MR) is 79.1 cm³/mol. The minimum Gasteiger partial charge on any atom is -0.332 e. The zero-order chi connectivity index (χ0) is 18.1. The Balaban J connectivity index is 1.89. The maximum absolute atomic E-state index is 12.4. The minimum atomic E-state index is -4.45. The van der Waals surface area contributed by atoms with Gasteiger partial charge in [-0.25, -0.2) is 4.79 Å². The predicted octanol–water partition coefficient (Wildman–Crippen LogP) is 1.25. The lowest BCUT2D eigenvalue weighted by Crippen LogP contribution is -2.47. The lowest BCUT2D eigenvalue weighted by molar-refractivity contribution is -0.157. The average Bonchev–Trinajstić information content (AvgIpc) is 2.93. The molecule has 0 radical (unpaired) electrons. The molecule has 1 aromatic heterocycles. The van der Waals surface area contributed by atoms with Gasteiger partial charge in [-0.3, -0.25) is 9.48 Å². The first-order chi connectivity index (χ1) is 11.1. The molecule has 2 N–H and O–H groups in total. The Morgan fingerprint density at radius 1 is 1.50 bits per heavy atom. The molecule has 1 saturated heterocycles. The van der Waals surface area contributed by atoms with Crippen molar-refractivity contribution in [2.24, 2.45) is 7.05 Å². The molecule has 10 heteroatoms. The highest BCUT2D eigenvalue weighted by Gasteiger charge is 2.39. The summed E-state index contributed by atoms with van der Waals surface area (Å²) in [6.07, 6.45) is -2.52. The number of alkyl halides is 3. The summed E-state index contributed by atoms with van der Waals surface area (Å²) in [7, 11) is 1.76. The van der Waals surface area contributed by atoms with Crippen LogP contribution in [0.4, 0.5) is 18.0 Å². The largest absolute Gasteiger partial charge is 0.406 e. The standard InChI is InChI=1S/C14H20F3N5O2/c1-8(10-6-21(3)20-9(10)2)18-13(24)19-11-4-5-22(12(11)23)7-14(15,16)17/h6,8,11H,4-5,7H2,1-3H3,(H2,18,19,24). The van der Waals surface area contributed by atoms with Crippen molar-refractivity contribution in [2.75, 3.05) is 13.1 Å². The molecule has 1 aliphatic rings. The number of urea groups is 1. The van der Waals surface area contributed by atoms with Crippen molar-refractivity contribution < 1.29 is 22.8 Å². The zero-order valence-corrected chi connectivity index (χ0v) is 13.6. The smallest absolute Gasteiger partial charge is 0.332 e. The average molecular weight is 347 g/mol. The number of aromatic nitrogens is 2. The molecule has 1 aliphatic heterocycles. The van der Waals surface area contributed by atoms with Crippen LogP contribution >= 0.6 is 0 Å². The third-order valence-electron chi connectivity index (χ3n) is 3.84. The summed E-state index contributed by atoms with van der Waals surface area (Å²) in [5, 5.41) is 9.28. The van der Waals surface area contributed by atoms with Gasteiger partial charge in [-0.1, -0.05) is 0 Å². The van der Waals surface area contributed by atoms with Crippen LogP contribution in [0.5, 0.6) is 0 Å². The maximum Gasteiger partial charge on any atom is 0.406 e. The first-order valence-electron chi connectivity index (χ1n) is 7.49. The summed E-state index contributed by atoms with van der Waals surface area (Å²) in [5.74, 6) is -0.715. The first-order valence-corrected chi connectivity index (χ1v) is 7.49. The van der Waals surface area contributed by atoms with Gasteiger partial charge in [-0.15, -0.1) is 0 Å². The molecule has 1 aromatic rings. The van der Waals surface area contributed by atoms with Gasteiger partial charge in [0.05, 0.1) is 11.7 Å². The second-order valence-corrected chi connectivity index (χ2v) is 5.90. The van der Waals surface area contributed by atoms with Crippen molar-refractivity contribution in [1.29, 1.82) is 0 Å². The number of likely N-dealkylation sites (tertiary alicyclic amines) is 1. The molecule has 0 saturated carbocycles. The fraction of sp³-hybridized carbons (Fsp3) is 0.643. The Labute approximate surface area is 137 Å². The molecule has 0 spiro atoms. The first kappa shape index (κ1) is 18.1. The van der Waals surface area contributed by atoms with Crippen LogP contribution in [0.15, 0.2) is 6.20 Å². The molecule has 134 valence electrons. The Morgan fingerprint density at radius 2 is 2.17 bits per heavy atom. The highest BCUT2D eigenvalue weighted by molar-refractivity contribution is 5.88. The van der Waals surface area contributed by atoms with Gasteiger partial charge in [-0.2, -0.15) is 18.3 Å². The maximum atomic E-state index is 12.4. The molecule has 2 unspecified atom stereocenters. The molecular weight excluding hydrogens is 327 g/mol. The van der Waals surface area contributed by atoms with Gasteiger partial charge in [0.2, 0.25) is 5.91 Å². The van der Waals surface area contributed by atoms with Gasteiger partial charge in [0.1, 0.15) is 12.6 Å². The highest BCUT2D eigenvalue weighted by Crippen LogP contribution is 2.21. The van der Waals surface area contributed by atoms with Crippen molar-refractivity contribution in [2.45, 2.75) is 38.5 Å². The third kappa shape index (κ3) is 4.39. The van der Waals surface area contributed by atoms with E-state index in [4.69, 9.17) is 0 Å². The van der Waals surface area contributed by atoms with Gasteiger partial charge in [0.15, 0.2) is 0 Å². The molecule has 0 aliphatic carbocycles. The van der Waals surface area contributed by atoms with Crippen LogP contribution < -0.4 is 10.6 Å². The minimum absolute atomic E-state index is 0.0272. The summed E-state index contributed by atoms with van der Waals surface area (Å²) in [5.41, 5.74) is 1.59. The molecule has 2 heterocycles. The number of carbonyl (C=O) groups excluding carboxylic acids is 2. The monoisotopic (exact) mass is 347 g/mol. The van der Waals surface area contributed by atoms with Crippen molar-refractivity contribution in [3.8, 4) is 0 Å². The fourth-order valence-corrected chi connectivity index (χ4v) is 2.76. The summed E-state index contributed by atoms with van der Waals surface area (Å²) in [4.78, 5) is 24.6. The van der Waals surface area contributed by atoms with Gasteiger partial charge in [0.25, 0.3) is 0 Å². The van der Waals surface area contributed by atoms with Crippen LogP contribution in [-0.2, 0) is 11.8 Å². The van der Waals surface area contributed by atoms with E-state index in [9.17, 15) is 22.8 Å². The van der Waals surface area contributed by atoms with Gasteiger partial charge in [0, 0.05) is 25.4 Å². The van der Waals surface area contributed by atoms with Crippen molar-refractivity contribution in [3.63, 3.8) is 0 Å². The lowest BCUT2D eigenvalue weighted by atomic mass is 10.1. The van der Waals surface area contributed by atoms with E-state index in [1.54, 1.807) is 31.8 Å². The molecule has 0 bridgehead atoms. The number of aryl methyl sites for hydroxylation is 2. The second-order valence-electron chi connectivity index (χ2n) is 5.90. The van der Waals surface area contributed by atoms with E-state index < -0.39 is 30.7 Å². The number of nitrogens with zero attached hydrogens (tertiary/aromatic N) is 3. The molecular formula is C14H20F3N5O2. The van der Waals surface area contributed by atoms with Crippen LogP contribution in [0.2, 0.25) is 0 Å². The molecule has 2 atom stereocenters. The number of halogens is 3. The quantitative estimate of drug-likeness (QED) is 0.860. The summed E-state index contributed by atoms with van der Waals surface area (Å²) in [6.45, 7) is 2.24. The summed E-state index contributed by atoms with van der Waals surface area (Å²) < 4.78 is 38.7. The number of hydrogen-bond acceptors (Lipinski definition) is 3. The van der Waals surface area contributed by atoms with Crippen molar-refractivity contribution in [1.82, 2.24) is 25.3 Å². The molecule has 0 aromatic carbocycles. The van der Waals surface area contributed by atoms with E-state index in [-0.39, 0.29) is 19.0 Å². The number of nitrogens with one attached hydrogen (secondary N) is 2. The molecule has 2 rings (SSSR count).